The highest BCUT2D eigenvalue weighted by Crippen LogP contribution is 2.48. The summed E-state index contributed by atoms with van der Waals surface area (Å²) >= 11 is 0. The summed E-state index contributed by atoms with van der Waals surface area (Å²) in [5.74, 6) is 0.197. The Labute approximate surface area is 102 Å². The Balaban J connectivity index is 1.93. The van der Waals surface area contributed by atoms with Crippen LogP contribution in [0.25, 0.3) is 0 Å². The second-order valence-electron chi connectivity index (χ2n) is 5.97. The van der Waals surface area contributed by atoms with E-state index in [-0.39, 0.29) is 24.0 Å². The van der Waals surface area contributed by atoms with Crippen molar-refractivity contribution in [2.75, 3.05) is 0 Å². The molecule has 17 heavy (non-hydrogen) atoms. The van der Waals surface area contributed by atoms with Crippen LogP contribution >= 0.6 is 0 Å². The van der Waals surface area contributed by atoms with Gasteiger partial charge in [-0.05, 0) is 33.1 Å². The van der Waals surface area contributed by atoms with Crippen molar-refractivity contribution in [3.05, 3.63) is 12.2 Å². The topological polar surface area (TPSA) is 35.5 Å². The van der Waals surface area contributed by atoms with Crippen LogP contribution in [0.2, 0.25) is 0 Å². The van der Waals surface area contributed by atoms with Crippen LogP contribution < -0.4 is 0 Å². The first-order valence-electron chi connectivity index (χ1n) is 6.54. The van der Waals surface area contributed by atoms with Gasteiger partial charge in [-0.2, -0.15) is 0 Å². The average molecular weight is 236 g/mol. The highest BCUT2D eigenvalue weighted by molar-refractivity contribution is 5.82. The molecular formula is C14H20O3. The molecule has 0 N–H and O–H groups in total. The smallest absolute Gasteiger partial charge is 0.163 e. The average Bonchev–Trinajstić information content (AvgIpc) is 2.71. The summed E-state index contributed by atoms with van der Waals surface area (Å²) in [5.41, 5.74) is 1.18. The first-order chi connectivity index (χ1) is 7.98. The standard InChI is InChI=1S/C14H20O3/c1-8-4-5-9-10(15)6-7-11-13(12(8)9)17-14(2,3)16-11/h9,11-13H,1,4-7H2,2-3H3/t9-,11-,12+,13-/m1/s1. The summed E-state index contributed by atoms with van der Waals surface area (Å²) in [6.45, 7) is 8.04. The highest BCUT2D eigenvalue weighted by atomic mass is 16.8. The van der Waals surface area contributed by atoms with Gasteiger partial charge in [0, 0.05) is 18.3 Å². The van der Waals surface area contributed by atoms with Gasteiger partial charge in [-0.1, -0.05) is 12.2 Å². The normalized spacial score (nSPS) is 44.4. The van der Waals surface area contributed by atoms with E-state index in [1.54, 1.807) is 0 Å². The van der Waals surface area contributed by atoms with E-state index in [9.17, 15) is 4.79 Å². The molecule has 3 rings (SSSR count). The lowest BCUT2D eigenvalue weighted by molar-refractivity contribution is -0.154. The van der Waals surface area contributed by atoms with E-state index in [2.05, 4.69) is 6.58 Å². The summed E-state index contributed by atoms with van der Waals surface area (Å²) < 4.78 is 12.0. The Morgan fingerprint density at radius 3 is 2.76 bits per heavy atom. The van der Waals surface area contributed by atoms with Gasteiger partial charge in [-0.25, -0.2) is 0 Å². The number of hydrogen-bond donors (Lipinski definition) is 0. The predicted molar refractivity (Wildman–Crippen MR) is 63.4 cm³/mol. The molecule has 3 heteroatoms. The second-order valence-corrected chi connectivity index (χ2v) is 5.97. The van der Waals surface area contributed by atoms with Crippen LogP contribution in [0.3, 0.4) is 0 Å². The molecule has 1 heterocycles. The molecule has 1 saturated heterocycles. The lowest BCUT2D eigenvalue weighted by atomic mass is 9.86. The molecule has 0 aromatic rings. The van der Waals surface area contributed by atoms with Gasteiger partial charge < -0.3 is 9.47 Å². The Morgan fingerprint density at radius 2 is 2.00 bits per heavy atom. The van der Waals surface area contributed by atoms with Crippen molar-refractivity contribution in [2.24, 2.45) is 11.8 Å². The number of Topliss-reactive ketones (excluding diaryl/α,β-unsaturated/α-hetero) is 1. The maximum atomic E-state index is 12.1. The van der Waals surface area contributed by atoms with Crippen LogP contribution in [0.5, 0.6) is 0 Å². The van der Waals surface area contributed by atoms with Gasteiger partial charge in [0.1, 0.15) is 5.78 Å². The van der Waals surface area contributed by atoms with Gasteiger partial charge in [-0.3, -0.25) is 4.79 Å². The van der Waals surface area contributed by atoms with Crippen LogP contribution in [0.4, 0.5) is 0 Å². The zero-order valence-corrected chi connectivity index (χ0v) is 10.6. The van der Waals surface area contributed by atoms with Gasteiger partial charge >= 0.3 is 0 Å². The van der Waals surface area contributed by atoms with Crippen LogP contribution in [0.15, 0.2) is 12.2 Å². The zero-order chi connectivity index (χ0) is 12.2. The van der Waals surface area contributed by atoms with Crippen molar-refractivity contribution in [1.82, 2.24) is 0 Å². The van der Waals surface area contributed by atoms with Crippen LogP contribution in [0.1, 0.15) is 39.5 Å². The molecule has 3 nitrogen and oxygen atoms in total. The maximum Gasteiger partial charge on any atom is 0.163 e. The molecule has 2 aliphatic carbocycles. The molecule has 0 unspecified atom stereocenters. The lowest BCUT2D eigenvalue weighted by Crippen LogP contribution is -2.33. The van der Waals surface area contributed by atoms with Crippen LogP contribution in [-0.2, 0) is 14.3 Å². The molecule has 0 aromatic heterocycles. The lowest BCUT2D eigenvalue weighted by Gasteiger charge is -2.25. The second kappa shape index (κ2) is 3.66. The molecule has 3 fully saturated rings. The molecule has 3 aliphatic rings. The van der Waals surface area contributed by atoms with Crippen molar-refractivity contribution in [3.8, 4) is 0 Å². The molecule has 2 saturated carbocycles. The van der Waals surface area contributed by atoms with E-state index in [4.69, 9.17) is 9.47 Å². The molecule has 94 valence electrons. The number of carbonyl (C=O) groups is 1. The minimum Gasteiger partial charge on any atom is -0.345 e. The summed E-state index contributed by atoms with van der Waals surface area (Å²) in [6.07, 6.45) is 3.46. The molecule has 0 bridgehead atoms. The minimum absolute atomic E-state index is 0.0384. The Morgan fingerprint density at radius 1 is 1.24 bits per heavy atom. The van der Waals surface area contributed by atoms with E-state index >= 15 is 0 Å². The first kappa shape index (κ1) is 11.4. The summed E-state index contributed by atoms with van der Waals surface area (Å²) in [5, 5.41) is 0. The van der Waals surface area contributed by atoms with Crippen molar-refractivity contribution < 1.29 is 14.3 Å². The molecule has 4 atom stereocenters. The van der Waals surface area contributed by atoms with E-state index in [1.807, 2.05) is 13.8 Å². The predicted octanol–water partition coefficient (Wildman–Crippen LogP) is 2.45. The third-order valence-electron chi connectivity index (χ3n) is 4.35. The number of rotatable bonds is 0. The van der Waals surface area contributed by atoms with E-state index in [0.717, 1.165) is 19.3 Å². The van der Waals surface area contributed by atoms with E-state index < -0.39 is 5.79 Å². The Bertz CT molecular complexity index is 372. The molecule has 0 spiro atoms. The highest BCUT2D eigenvalue weighted by Gasteiger charge is 2.52. The Kier molecular flexibility index (Phi) is 2.46. The largest absolute Gasteiger partial charge is 0.345 e. The number of fused-ring (bicyclic) bond motifs is 3. The summed E-state index contributed by atoms with van der Waals surface area (Å²) in [7, 11) is 0. The summed E-state index contributed by atoms with van der Waals surface area (Å²) in [4.78, 5) is 12.1. The third-order valence-corrected chi connectivity index (χ3v) is 4.35. The van der Waals surface area contributed by atoms with Gasteiger partial charge in [0.05, 0.1) is 12.2 Å². The molecule has 0 amide bonds. The maximum absolute atomic E-state index is 12.1. The number of hydrogen-bond acceptors (Lipinski definition) is 3. The van der Waals surface area contributed by atoms with E-state index in [1.165, 1.54) is 5.57 Å². The number of ketones is 1. The molecule has 0 radical (unpaired) electrons. The third kappa shape index (κ3) is 1.76. The minimum atomic E-state index is -0.511. The van der Waals surface area contributed by atoms with E-state index in [0.29, 0.717) is 12.2 Å². The van der Waals surface area contributed by atoms with Crippen LogP contribution in [-0.4, -0.2) is 23.8 Å². The fraction of sp³-hybridized carbons (Fsp3) is 0.786. The van der Waals surface area contributed by atoms with Gasteiger partial charge in [0.2, 0.25) is 0 Å². The van der Waals surface area contributed by atoms with Crippen molar-refractivity contribution >= 4 is 5.78 Å². The van der Waals surface area contributed by atoms with Crippen LogP contribution in [0, 0.1) is 11.8 Å². The molecule has 0 aromatic carbocycles. The molecule has 1 aliphatic heterocycles. The van der Waals surface area contributed by atoms with Crippen molar-refractivity contribution in [3.63, 3.8) is 0 Å². The first-order valence-corrected chi connectivity index (χ1v) is 6.54. The SMILES string of the molecule is C=C1CC[C@@H]2C(=O)CC[C@H]3OC(C)(C)O[C@H]3[C@@H]12. The number of carbonyl (C=O) groups excluding carboxylic acids is 1. The van der Waals surface area contributed by atoms with Crippen molar-refractivity contribution in [1.29, 1.82) is 0 Å². The van der Waals surface area contributed by atoms with Gasteiger partial charge in [-0.15, -0.1) is 0 Å². The van der Waals surface area contributed by atoms with Gasteiger partial charge in [0.25, 0.3) is 0 Å². The Hall–Kier alpha value is -0.670. The fourth-order valence-corrected chi connectivity index (χ4v) is 3.65. The zero-order valence-electron chi connectivity index (χ0n) is 10.6. The van der Waals surface area contributed by atoms with Gasteiger partial charge in [0.15, 0.2) is 5.79 Å². The summed E-state index contributed by atoms with van der Waals surface area (Å²) in [6, 6.07) is 0. The number of ether oxygens (including phenoxy) is 2. The quantitative estimate of drug-likeness (QED) is 0.606. The fourth-order valence-electron chi connectivity index (χ4n) is 3.65. The molecular weight excluding hydrogens is 216 g/mol. The monoisotopic (exact) mass is 236 g/mol. The van der Waals surface area contributed by atoms with Crippen molar-refractivity contribution in [2.45, 2.75) is 57.5 Å².